The van der Waals surface area contributed by atoms with E-state index in [9.17, 15) is 0 Å². The highest BCUT2D eigenvalue weighted by Crippen LogP contribution is 2.15. The van der Waals surface area contributed by atoms with Crippen molar-refractivity contribution in [3.8, 4) is 0 Å². The summed E-state index contributed by atoms with van der Waals surface area (Å²) in [5.74, 6) is 0.774. The molecule has 0 radical (unpaired) electrons. The zero-order valence-electron chi connectivity index (χ0n) is 7.46. The van der Waals surface area contributed by atoms with Gasteiger partial charge in [-0.15, -0.1) is 0 Å². The van der Waals surface area contributed by atoms with E-state index in [1.54, 1.807) is 0 Å². The molecule has 0 amide bonds. The van der Waals surface area contributed by atoms with Gasteiger partial charge in [-0.25, -0.2) is 0 Å². The molecule has 2 saturated heterocycles. The maximum Gasteiger partial charge on any atom is 0.0755 e. The van der Waals surface area contributed by atoms with Crippen molar-refractivity contribution in [2.24, 2.45) is 5.92 Å². The number of ether oxygens (including phenoxy) is 1. The van der Waals surface area contributed by atoms with Gasteiger partial charge in [0.05, 0.1) is 6.10 Å². The van der Waals surface area contributed by atoms with E-state index in [2.05, 4.69) is 17.5 Å². The van der Waals surface area contributed by atoms with Crippen molar-refractivity contribution in [2.75, 3.05) is 19.7 Å². The Hall–Kier alpha value is -0.340. The van der Waals surface area contributed by atoms with Crippen LogP contribution in [-0.4, -0.2) is 25.8 Å². The van der Waals surface area contributed by atoms with Crippen LogP contribution in [0.2, 0.25) is 0 Å². The van der Waals surface area contributed by atoms with Crippen LogP contribution in [-0.2, 0) is 4.74 Å². The van der Waals surface area contributed by atoms with Gasteiger partial charge in [0, 0.05) is 25.6 Å². The average molecular weight is 167 g/mol. The van der Waals surface area contributed by atoms with Gasteiger partial charge >= 0.3 is 0 Å². The van der Waals surface area contributed by atoms with Crippen LogP contribution in [0.1, 0.15) is 19.3 Å². The summed E-state index contributed by atoms with van der Waals surface area (Å²) in [5, 5.41) is 3.26. The minimum atomic E-state index is 0.416. The fourth-order valence-corrected chi connectivity index (χ4v) is 1.65. The van der Waals surface area contributed by atoms with Crippen molar-refractivity contribution in [2.45, 2.75) is 25.4 Å². The first-order valence-electron chi connectivity index (χ1n) is 4.96. The molecule has 2 aliphatic rings. The summed E-state index contributed by atoms with van der Waals surface area (Å²) in [4.78, 5) is 0. The lowest BCUT2D eigenvalue weighted by Gasteiger charge is -2.25. The first-order chi connectivity index (χ1) is 5.95. The second-order valence-electron chi connectivity index (χ2n) is 3.71. The Morgan fingerprint density at radius 3 is 2.67 bits per heavy atom. The Morgan fingerprint density at radius 1 is 1.17 bits per heavy atom. The molecular weight excluding hydrogens is 150 g/mol. The van der Waals surface area contributed by atoms with E-state index in [0.29, 0.717) is 6.10 Å². The molecule has 0 aromatic carbocycles. The molecule has 2 heterocycles. The molecule has 1 unspecified atom stereocenters. The maximum absolute atomic E-state index is 5.59. The second kappa shape index (κ2) is 4.06. The highest BCUT2D eigenvalue weighted by molar-refractivity contribution is 4.99. The summed E-state index contributed by atoms with van der Waals surface area (Å²) < 4.78 is 5.59. The molecule has 0 bridgehead atoms. The zero-order chi connectivity index (χ0) is 8.23. The third-order valence-electron chi connectivity index (χ3n) is 2.63. The standard InChI is InChI=1S/C10H17NO/c1-2-6-12-10(3-1)5-4-9-7-11-8-9/h4-5,9-11H,1-3,6-8H2/b5-4+. The van der Waals surface area contributed by atoms with E-state index in [4.69, 9.17) is 4.74 Å². The van der Waals surface area contributed by atoms with Gasteiger partial charge in [-0.1, -0.05) is 12.2 Å². The van der Waals surface area contributed by atoms with E-state index in [-0.39, 0.29) is 0 Å². The molecule has 0 aromatic heterocycles. The molecule has 0 aliphatic carbocycles. The van der Waals surface area contributed by atoms with Crippen molar-refractivity contribution in [1.82, 2.24) is 5.32 Å². The molecular formula is C10H17NO. The number of hydrogen-bond acceptors (Lipinski definition) is 2. The van der Waals surface area contributed by atoms with E-state index >= 15 is 0 Å². The molecule has 2 rings (SSSR count). The van der Waals surface area contributed by atoms with Crippen LogP contribution in [0.5, 0.6) is 0 Å². The van der Waals surface area contributed by atoms with Crippen LogP contribution in [0, 0.1) is 5.92 Å². The van der Waals surface area contributed by atoms with Crippen LogP contribution >= 0.6 is 0 Å². The first-order valence-corrected chi connectivity index (χ1v) is 4.96. The topological polar surface area (TPSA) is 21.3 Å². The molecule has 0 aromatic rings. The summed E-state index contributed by atoms with van der Waals surface area (Å²) in [7, 11) is 0. The molecule has 2 nitrogen and oxygen atoms in total. The highest BCUT2D eigenvalue weighted by atomic mass is 16.5. The summed E-state index contributed by atoms with van der Waals surface area (Å²) in [6.45, 7) is 3.27. The molecule has 1 atom stereocenters. The molecule has 0 spiro atoms. The Bertz CT molecular complexity index is 157. The maximum atomic E-state index is 5.59. The Balaban J connectivity index is 1.72. The molecule has 2 aliphatic heterocycles. The molecule has 2 heteroatoms. The monoisotopic (exact) mass is 167 g/mol. The molecule has 0 saturated carbocycles. The molecule has 12 heavy (non-hydrogen) atoms. The minimum Gasteiger partial charge on any atom is -0.374 e. The minimum absolute atomic E-state index is 0.416. The van der Waals surface area contributed by atoms with Crippen molar-refractivity contribution >= 4 is 0 Å². The summed E-state index contributed by atoms with van der Waals surface area (Å²) in [6.07, 6.45) is 8.78. The van der Waals surface area contributed by atoms with Gasteiger partial charge in [0.1, 0.15) is 0 Å². The van der Waals surface area contributed by atoms with Crippen LogP contribution in [0.3, 0.4) is 0 Å². The summed E-state index contributed by atoms with van der Waals surface area (Å²) >= 11 is 0. The lowest BCUT2D eigenvalue weighted by molar-refractivity contribution is 0.0462. The predicted molar refractivity (Wildman–Crippen MR) is 49.1 cm³/mol. The van der Waals surface area contributed by atoms with Crippen molar-refractivity contribution in [1.29, 1.82) is 0 Å². The van der Waals surface area contributed by atoms with Crippen LogP contribution in [0.25, 0.3) is 0 Å². The number of hydrogen-bond donors (Lipinski definition) is 1. The number of rotatable bonds is 2. The van der Waals surface area contributed by atoms with Gasteiger partial charge in [-0.05, 0) is 19.3 Å². The van der Waals surface area contributed by atoms with Gasteiger partial charge in [-0.2, -0.15) is 0 Å². The van der Waals surface area contributed by atoms with E-state index in [1.807, 2.05) is 0 Å². The molecule has 1 N–H and O–H groups in total. The van der Waals surface area contributed by atoms with E-state index < -0.39 is 0 Å². The third-order valence-corrected chi connectivity index (χ3v) is 2.63. The summed E-state index contributed by atoms with van der Waals surface area (Å²) in [5.41, 5.74) is 0. The normalized spacial score (nSPS) is 32.2. The van der Waals surface area contributed by atoms with Crippen LogP contribution < -0.4 is 5.32 Å². The van der Waals surface area contributed by atoms with Gasteiger partial charge in [0.15, 0.2) is 0 Å². The Labute approximate surface area is 74.0 Å². The van der Waals surface area contributed by atoms with E-state index in [1.165, 1.54) is 19.3 Å². The van der Waals surface area contributed by atoms with Crippen molar-refractivity contribution < 1.29 is 4.74 Å². The lowest BCUT2D eigenvalue weighted by atomic mass is 10.0. The largest absolute Gasteiger partial charge is 0.374 e. The smallest absolute Gasteiger partial charge is 0.0755 e. The zero-order valence-corrected chi connectivity index (χ0v) is 7.46. The summed E-state index contributed by atoms with van der Waals surface area (Å²) in [6, 6.07) is 0. The van der Waals surface area contributed by atoms with Gasteiger partial charge < -0.3 is 10.1 Å². The molecule has 2 fully saturated rings. The fourth-order valence-electron chi connectivity index (χ4n) is 1.65. The molecule has 68 valence electrons. The SMILES string of the molecule is C(=C\C1CCCCO1)/C1CNC1. The predicted octanol–water partition coefficient (Wildman–Crippen LogP) is 1.33. The van der Waals surface area contributed by atoms with Crippen molar-refractivity contribution in [3.05, 3.63) is 12.2 Å². The third kappa shape index (κ3) is 2.08. The van der Waals surface area contributed by atoms with Crippen LogP contribution in [0.15, 0.2) is 12.2 Å². The van der Waals surface area contributed by atoms with E-state index in [0.717, 1.165) is 25.6 Å². The average Bonchev–Trinajstić information content (AvgIpc) is 2.04. The quantitative estimate of drug-likeness (QED) is 0.626. The van der Waals surface area contributed by atoms with Gasteiger partial charge in [0.2, 0.25) is 0 Å². The van der Waals surface area contributed by atoms with Gasteiger partial charge in [0.25, 0.3) is 0 Å². The highest BCUT2D eigenvalue weighted by Gasteiger charge is 2.15. The van der Waals surface area contributed by atoms with Gasteiger partial charge in [-0.3, -0.25) is 0 Å². The Morgan fingerprint density at radius 2 is 2.08 bits per heavy atom. The lowest BCUT2D eigenvalue weighted by Crippen LogP contribution is -2.40. The fraction of sp³-hybridized carbons (Fsp3) is 0.800. The Kier molecular flexibility index (Phi) is 2.79. The second-order valence-corrected chi connectivity index (χ2v) is 3.71. The van der Waals surface area contributed by atoms with Crippen LogP contribution in [0.4, 0.5) is 0 Å². The van der Waals surface area contributed by atoms with Crippen molar-refractivity contribution in [3.63, 3.8) is 0 Å². The first kappa shape index (κ1) is 8.27. The number of nitrogens with one attached hydrogen (secondary N) is 1.